The highest BCUT2D eigenvalue weighted by atomic mass is 35.5. The van der Waals surface area contributed by atoms with Gasteiger partial charge in [-0.05, 0) is 36.4 Å². The van der Waals surface area contributed by atoms with E-state index in [1.165, 1.54) is 16.8 Å². The lowest BCUT2D eigenvalue weighted by atomic mass is 10.1. The lowest BCUT2D eigenvalue weighted by Gasteiger charge is -2.09. The zero-order chi connectivity index (χ0) is 19.4. The van der Waals surface area contributed by atoms with Crippen molar-refractivity contribution in [3.05, 3.63) is 85.6 Å². The van der Waals surface area contributed by atoms with Crippen molar-refractivity contribution in [3.63, 3.8) is 0 Å². The maximum absolute atomic E-state index is 12.2. The summed E-state index contributed by atoms with van der Waals surface area (Å²) in [5.74, 6) is -0.349. The molecule has 0 aliphatic rings. The van der Waals surface area contributed by atoms with E-state index in [4.69, 9.17) is 34.8 Å². The summed E-state index contributed by atoms with van der Waals surface area (Å²) >= 11 is 17.7. The Bertz CT molecular complexity index is 1030. The molecule has 1 heterocycles. The Morgan fingerprint density at radius 1 is 0.963 bits per heavy atom. The van der Waals surface area contributed by atoms with Crippen molar-refractivity contribution in [2.45, 2.75) is 6.54 Å². The molecule has 5 nitrogen and oxygen atoms in total. The van der Waals surface area contributed by atoms with E-state index in [1.54, 1.807) is 30.3 Å². The maximum Gasteiger partial charge on any atom is 0.266 e. The lowest BCUT2D eigenvalue weighted by Crippen LogP contribution is -2.32. The smallest absolute Gasteiger partial charge is 0.266 e. The third kappa shape index (κ3) is 4.89. The molecule has 0 aliphatic heterocycles. The van der Waals surface area contributed by atoms with Gasteiger partial charge >= 0.3 is 0 Å². The Hall–Kier alpha value is -2.34. The van der Waals surface area contributed by atoms with Crippen LogP contribution in [0.4, 0.5) is 0 Å². The minimum Gasteiger partial charge on any atom is -0.350 e. The molecule has 3 aromatic rings. The molecule has 0 aliphatic carbocycles. The van der Waals surface area contributed by atoms with E-state index >= 15 is 0 Å². The van der Waals surface area contributed by atoms with Crippen molar-refractivity contribution in [1.82, 2.24) is 15.1 Å². The van der Waals surface area contributed by atoms with Gasteiger partial charge in [-0.1, -0.05) is 46.9 Å². The Balaban J connectivity index is 1.69. The number of halogens is 3. The fourth-order valence-corrected chi connectivity index (χ4v) is 3.05. The molecule has 138 valence electrons. The van der Waals surface area contributed by atoms with E-state index < -0.39 is 0 Å². The summed E-state index contributed by atoms with van der Waals surface area (Å²) in [5, 5.41) is 8.39. The summed E-state index contributed by atoms with van der Waals surface area (Å²) in [6.07, 6.45) is 0. The first-order valence-corrected chi connectivity index (χ1v) is 9.15. The van der Waals surface area contributed by atoms with Crippen LogP contribution in [0, 0.1) is 0 Å². The van der Waals surface area contributed by atoms with E-state index in [0.717, 1.165) is 5.56 Å². The van der Waals surface area contributed by atoms with E-state index in [0.29, 0.717) is 21.3 Å². The number of benzene rings is 2. The zero-order valence-electron chi connectivity index (χ0n) is 14.0. The minimum absolute atomic E-state index is 0.217. The van der Waals surface area contributed by atoms with Crippen LogP contribution in [0.5, 0.6) is 0 Å². The number of hydrogen-bond donors (Lipinski definition) is 1. The molecule has 0 saturated carbocycles. The van der Waals surface area contributed by atoms with Gasteiger partial charge in [-0.3, -0.25) is 9.59 Å². The molecule has 2 aromatic carbocycles. The van der Waals surface area contributed by atoms with Gasteiger partial charge in [0.05, 0.1) is 22.8 Å². The molecule has 0 unspecified atom stereocenters. The predicted octanol–water partition coefficient (Wildman–Crippen LogP) is 4.30. The van der Waals surface area contributed by atoms with Gasteiger partial charge in [0.15, 0.2) is 0 Å². The number of amides is 1. The summed E-state index contributed by atoms with van der Waals surface area (Å²) < 4.78 is 1.30. The summed E-state index contributed by atoms with van der Waals surface area (Å²) in [5.41, 5.74) is 1.53. The fourth-order valence-electron chi connectivity index (χ4n) is 2.43. The maximum atomic E-state index is 12.2. The van der Waals surface area contributed by atoms with Gasteiger partial charge in [-0.15, -0.1) is 0 Å². The van der Waals surface area contributed by atoms with Gasteiger partial charge in [-0.2, -0.15) is 5.10 Å². The third-order valence-electron chi connectivity index (χ3n) is 3.79. The molecule has 0 fully saturated rings. The number of nitrogens with one attached hydrogen (secondary N) is 1. The molecule has 0 atom stereocenters. The van der Waals surface area contributed by atoms with Crippen LogP contribution in [0.15, 0.2) is 59.4 Å². The average Bonchev–Trinajstić information content (AvgIpc) is 2.64. The van der Waals surface area contributed by atoms with Crippen LogP contribution in [0.3, 0.4) is 0 Å². The third-order valence-corrected chi connectivity index (χ3v) is 4.59. The highest BCUT2D eigenvalue weighted by Crippen LogP contribution is 2.21. The standard InChI is InChI=1S/C19H14Cl3N3O2/c20-13-3-1-12(2-4-13)17-7-8-18(26)25(24-17)10-9-23-19(27)15-6-5-14(21)11-16(15)22/h1-8,11H,9-10H2,(H,23,27). The van der Waals surface area contributed by atoms with Crippen molar-refractivity contribution in [2.75, 3.05) is 6.54 Å². The molecular weight excluding hydrogens is 409 g/mol. The fraction of sp³-hybridized carbons (Fsp3) is 0.105. The van der Waals surface area contributed by atoms with Crippen LogP contribution in [0.2, 0.25) is 15.1 Å². The van der Waals surface area contributed by atoms with E-state index in [2.05, 4.69) is 10.4 Å². The second-order valence-corrected chi connectivity index (χ2v) is 6.95. The summed E-state index contributed by atoms with van der Waals surface area (Å²) in [6.45, 7) is 0.436. The molecule has 27 heavy (non-hydrogen) atoms. The molecular formula is C19H14Cl3N3O2. The zero-order valence-corrected chi connectivity index (χ0v) is 16.2. The van der Waals surface area contributed by atoms with Crippen molar-refractivity contribution >= 4 is 40.7 Å². The van der Waals surface area contributed by atoms with Crippen molar-refractivity contribution in [3.8, 4) is 11.3 Å². The second kappa shape index (κ2) is 8.57. The van der Waals surface area contributed by atoms with Crippen LogP contribution >= 0.6 is 34.8 Å². The Morgan fingerprint density at radius 3 is 2.37 bits per heavy atom. The molecule has 8 heteroatoms. The number of aromatic nitrogens is 2. The number of nitrogens with zero attached hydrogens (tertiary/aromatic N) is 2. The van der Waals surface area contributed by atoms with Crippen molar-refractivity contribution in [2.24, 2.45) is 0 Å². The number of rotatable bonds is 5. The number of hydrogen-bond acceptors (Lipinski definition) is 3. The normalized spacial score (nSPS) is 10.6. The van der Waals surface area contributed by atoms with Gasteiger partial charge in [-0.25, -0.2) is 4.68 Å². The topological polar surface area (TPSA) is 64.0 Å². The Morgan fingerprint density at radius 2 is 1.67 bits per heavy atom. The SMILES string of the molecule is O=C(NCCn1nc(-c2ccc(Cl)cc2)ccc1=O)c1ccc(Cl)cc1Cl. The summed E-state index contributed by atoms with van der Waals surface area (Å²) in [4.78, 5) is 24.2. The summed E-state index contributed by atoms with van der Waals surface area (Å²) in [6, 6.07) is 14.9. The van der Waals surface area contributed by atoms with Crippen LogP contribution in [-0.4, -0.2) is 22.2 Å². The molecule has 1 N–H and O–H groups in total. The van der Waals surface area contributed by atoms with Gasteiger partial charge in [0.1, 0.15) is 0 Å². The van der Waals surface area contributed by atoms with Crippen molar-refractivity contribution < 1.29 is 4.79 Å². The quantitative estimate of drug-likeness (QED) is 0.667. The van der Waals surface area contributed by atoms with Crippen LogP contribution in [-0.2, 0) is 6.54 Å². The summed E-state index contributed by atoms with van der Waals surface area (Å²) in [7, 11) is 0. The number of carbonyl (C=O) groups excluding carboxylic acids is 1. The molecule has 1 amide bonds. The Kier molecular flexibility index (Phi) is 6.16. The van der Waals surface area contributed by atoms with Crippen LogP contribution in [0.1, 0.15) is 10.4 Å². The van der Waals surface area contributed by atoms with Crippen LogP contribution < -0.4 is 10.9 Å². The van der Waals surface area contributed by atoms with Gasteiger partial charge < -0.3 is 5.32 Å². The first-order valence-electron chi connectivity index (χ1n) is 8.01. The highest BCUT2D eigenvalue weighted by Gasteiger charge is 2.10. The van der Waals surface area contributed by atoms with Gasteiger partial charge in [0, 0.05) is 28.2 Å². The van der Waals surface area contributed by atoms with E-state index in [9.17, 15) is 9.59 Å². The largest absolute Gasteiger partial charge is 0.350 e. The second-order valence-electron chi connectivity index (χ2n) is 5.67. The van der Waals surface area contributed by atoms with Crippen molar-refractivity contribution in [1.29, 1.82) is 0 Å². The first kappa shape index (κ1) is 19.4. The van der Waals surface area contributed by atoms with E-state index in [1.807, 2.05) is 12.1 Å². The predicted molar refractivity (Wildman–Crippen MR) is 108 cm³/mol. The Labute approximate surface area is 170 Å². The first-order chi connectivity index (χ1) is 12.9. The molecule has 0 radical (unpaired) electrons. The lowest BCUT2D eigenvalue weighted by molar-refractivity contribution is 0.0952. The average molecular weight is 423 g/mol. The number of carbonyl (C=O) groups is 1. The molecule has 0 bridgehead atoms. The molecule has 0 saturated heterocycles. The van der Waals surface area contributed by atoms with Crippen LogP contribution in [0.25, 0.3) is 11.3 Å². The van der Waals surface area contributed by atoms with Gasteiger partial charge in [0.2, 0.25) is 0 Å². The molecule has 1 aromatic heterocycles. The minimum atomic E-state index is -0.349. The molecule has 3 rings (SSSR count). The monoisotopic (exact) mass is 421 g/mol. The highest BCUT2D eigenvalue weighted by molar-refractivity contribution is 6.36. The van der Waals surface area contributed by atoms with Gasteiger partial charge in [0.25, 0.3) is 11.5 Å². The molecule has 0 spiro atoms. The van der Waals surface area contributed by atoms with E-state index in [-0.39, 0.29) is 29.6 Å².